The Morgan fingerprint density at radius 3 is 2.58 bits per heavy atom. The van der Waals surface area contributed by atoms with E-state index in [0.717, 1.165) is 12.8 Å². The first kappa shape index (κ1) is 14.1. The monoisotopic (exact) mass is 286 g/mol. The van der Waals surface area contributed by atoms with Crippen molar-refractivity contribution < 1.29 is 18.6 Å². The number of rotatable bonds is 3. The predicted octanol–water partition coefficient (Wildman–Crippen LogP) is 0.556. The third-order valence-electron chi connectivity index (χ3n) is 3.35. The number of benzene rings is 1. The van der Waals surface area contributed by atoms with E-state index in [1.54, 1.807) is 0 Å². The molecule has 0 spiro atoms. The molecule has 1 aliphatic carbocycles. The maximum absolute atomic E-state index is 12.2. The number of nitrogen functional groups attached to an aromatic ring is 1. The van der Waals surface area contributed by atoms with Crippen molar-refractivity contribution >= 4 is 15.7 Å². The fourth-order valence-corrected chi connectivity index (χ4v) is 3.55. The van der Waals surface area contributed by atoms with Crippen molar-refractivity contribution in [3.8, 4) is 5.75 Å². The molecular formula is C12H18N2O4S. The van der Waals surface area contributed by atoms with Gasteiger partial charge in [-0.1, -0.05) is 12.8 Å². The number of phenols is 1. The highest BCUT2D eigenvalue weighted by Gasteiger charge is 2.28. The second-order valence-corrected chi connectivity index (χ2v) is 6.51. The number of hydrogen-bond donors (Lipinski definition) is 4. The first-order chi connectivity index (χ1) is 8.90. The van der Waals surface area contributed by atoms with E-state index in [-0.39, 0.29) is 16.3 Å². The lowest BCUT2D eigenvalue weighted by molar-refractivity contribution is 0.101. The van der Waals surface area contributed by atoms with Crippen LogP contribution in [0.15, 0.2) is 23.1 Å². The molecule has 19 heavy (non-hydrogen) atoms. The molecule has 1 aromatic carbocycles. The minimum atomic E-state index is -3.73. The fourth-order valence-electron chi connectivity index (χ4n) is 2.22. The third kappa shape index (κ3) is 3.17. The van der Waals surface area contributed by atoms with Crippen molar-refractivity contribution in [2.75, 3.05) is 5.73 Å². The molecule has 7 heteroatoms. The molecule has 0 saturated heterocycles. The van der Waals surface area contributed by atoms with Gasteiger partial charge in [0, 0.05) is 6.04 Å². The minimum absolute atomic E-state index is 0.00654. The van der Waals surface area contributed by atoms with Gasteiger partial charge in [0.2, 0.25) is 10.0 Å². The van der Waals surface area contributed by atoms with E-state index in [1.807, 2.05) is 0 Å². The number of sulfonamides is 1. The van der Waals surface area contributed by atoms with Crippen molar-refractivity contribution in [1.82, 2.24) is 4.72 Å². The van der Waals surface area contributed by atoms with Crippen LogP contribution < -0.4 is 10.5 Å². The quantitative estimate of drug-likeness (QED) is 0.479. The standard InChI is InChI=1S/C12H18N2O4S/c13-9-7-8(5-6-11(9)15)19(17,18)14-10-3-1-2-4-12(10)16/h5-7,10,12,14-16H,1-4,13H2/t10-,12-/m0/s1. The van der Waals surface area contributed by atoms with Crippen LogP contribution >= 0.6 is 0 Å². The molecule has 2 atom stereocenters. The normalized spacial score (nSPS) is 24.3. The van der Waals surface area contributed by atoms with Crippen molar-refractivity contribution in [2.45, 2.75) is 42.7 Å². The fraction of sp³-hybridized carbons (Fsp3) is 0.500. The summed E-state index contributed by atoms with van der Waals surface area (Å²) in [4.78, 5) is -0.0134. The Balaban J connectivity index is 2.19. The van der Waals surface area contributed by atoms with Gasteiger partial charge in [-0.3, -0.25) is 0 Å². The molecular weight excluding hydrogens is 268 g/mol. The van der Waals surface area contributed by atoms with E-state index >= 15 is 0 Å². The molecule has 0 heterocycles. The van der Waals surface area contributed by atoms with Crippen molar-refractivity contribution in [2.24, 2.45) is 0 Å². The Morgan fingerprint density at radius 2 is 1.95 bits per heavy atom. The number of phenolic OH excluding ortho intramolecular Hbond substituents is 1. The van der Waals surface area contributed by atoms with E-state index in [1.165, 1.54) is 18.2 Å². The maximum Gasteiger partial charge on any atom is 0.240 e. The molecule has 1 aromatic rings. The number of aromatic hydroxyl groups is 1. The molecule has 0 unspecified atom stereocenters. The van der Waals surface area contributed by atoms with Crippen LogP contribution in [0.25, 0.3) is 0 Å². The second kappa shape index (κ2) is 5.36. The Labute approximate surface area is 112 Å². The first-order valence-electron chi connectivity index (χ1n) is 6.19. The average Bonchev–Trinajstić information content (AvgIpc) is 2.35. The summed E-state index contributed by atoms with van der Waals surface area (Å²) in [7, 11) is -3.73. The summed E-state index contributed by atoms with van der Waals surface area (Å²) in [5.74, 6) is -0.156. The zero-order valence-electron chi connectivity index (χ0n) is 10.4. The van der Waals surface area contributed by atoms with Gasteiger partial charge >= 0.3 is 0 Å². The molecule has 5 N–H and O–H groups in total. The van der Waals surface area contributed by atoms with E-state index in [2.05, 4.69) is 4.72 Å². The van der Waals surface area contributed by atoms with Gasteiger partial charge < -0.3 is 15.9 Å². The Bertz CT molecular complexity index is 559. The molecule has 0 radical (unpaired) electrons. The maximum atomic E-state index is 12.2. The van der Waals surface area contributed by atoms with Gasteiger partial charge in [0.25, 0.3) is 0 Å². The Morgan fingerprint density at radius 1 is 1.26 bits per heavy atom. The lowest BCUT2D eigenvalue weighted by Crippen LogP contribution is -2.44. The largest absolute Gasteiger partial charge is 0.506 e. The summed E-state index contributed by atoms with van der Waals surface area (Å²) < 4.78 is 26.8. The molecule has 0 bridgehead atoms. The number of nitrogens with two attached hydrogens (primary N) is 1. The Hall–Kier alpha value is -1.31. The molecule has 1 aliphatic rings. The van der Waals surface area contributed by atoms with E-state index in [9.17, 15) is 18.6 Å². The van der Waals surface area contributed by atoms with Crippen LogP contribution in [0.3, 0.4) is 0 Å². The summed E-state index contributed by atoms with van der Waals surface area (Å²) in [6, 6.07) is 3.26. The van der Waals surface area contributed by atoms with Gasteiger partial charge in [0.05, 0.1) is 16.7 Å². The highest BCUT2D eigenvalue weighted by molar-refractivity contribution is 7.89. The molecule has 2 rings (SSSR count). The van der Waals surface area contributed by atoms with Crippen molar-refractivity contribution in [1.29, 1.82) is 0 Å². The minimum Gasteiger partial charge on any atom is -0.506 e. The zero-order chi connectivity index (χ0) is 14.0. The molecule has 0 aliphatic heterocycles. The van der Waals surface area contributed by atoms with Crippen molar-refractivity contribution in [3.05, 3.63) is 18.2 Å². The summed E-state index contributed by atoms with van der Waals surface area (Å²) in [5, 5.41) is 19.1. The lowest BCUT2D eigenvalue weighted by atomic mass is 9.93. The highest BCUT2D eigenvalue weighted by Crippen LogP contribution is 2.25. The van der Waals surface area contributed by atoms with Crippen LogP contribution in [0.5, 0.6) is 5.75 Å². The van der Waals surface area contributed by atoms with Crippen molar-refractivity contribution in [3.63, 3.8) is 0 Å². The van der Waals surface area contributed by atoms with Crippen LogP contribution in [0, 0.1) is 0 Å². The summed E-state index contributed by atoms with van der Waals surface area (Å²) >= 11 is 0. The van der Waals surface area contributed by atoms with Crippen LogP contribution in [0.4, 0.5) is 5.69 Å². The Kier molecular flexibility index (Phi) is 3.98. The van der Waals surface area contributed by atoms with Gasteiger partial charge in [-0.15, -0.1) is 0 Å². The van der Waals surface area contributed by atoms with Gasteiger partial charge in [0.15, 0.2) is 0 Å². The summed E-state index contributed by atoms with van der Waals surface area (Å²) in [6.07, 6.45) is 2.37. The second-order valence-electron chi connectivity index (χ2n) is 4.80. The van der Waals surface area contributed by atoms with Gasteiger partial charge in [-0.25, -0.2) is 13.1 Å². The lowest BCUT2D eigenvalue weighted by Gasteiger charge is -2.28. The number of anilines is 1. The summed E-state index contributed by atoms with van der Waals surface area (Å²) in [6.45, 7) is 0. The SMILES string of the molecule is Nc1cc(S(=O)(=O)N[C@H]2CCCC[C@@H]2O)ccc1O. The summed E-state index contributed by atoms with van der Waals surface area (Å²) in [5.41, 5.74) is 5.49. The number of aliphatic hydroxyl groups excluding tert-OH is 1. The number of aliphatic hydroxyl groups is 1. The molecule has 6 nitrogen and oxygen atoms in total. The van der Waals surface area contributed by atoms with Crippen LogP contribution in [0.1, 0.15) is 25.7 Å². The van der Waals surface area contributed by atoms with Gasteiger partial charge in [0.1, 0.15) is 5.75 Å². The van der Waals surface area contributed by atoms with Gasteiger partial charge in [-0.2, -0.15) is 0 Å². The predicted molar refractivity (Wildman–Crippen MR) is 71.1 cm³/mol. The smallest absolute Gasteiger partial charge is 0.240 e. The number of nitrogens with one attached hydrogen (secondary N) is 1. The third-order valence-corrected chi connectivity index (χ3v) is 4.83. The molecule has 0 amide bonds. The first-order valence-corrected chi connectivity index (χ1v) is 7.67. The van der Waals surface area contributed by atoms with Crippen LogP contribution in [0.2, 0.25) is 0 Å². The average molecular weight is 286 g/mol. The van der Waals surface area contributed by atoms with Gasteiger partial charge in [-0.05, 0) is 31.0 Å². The van der Waals surface area contributed by atoms with Crippen LogP contribution in [-0.4, -0.2) is 30.8 Å². The highest BCUT2D eigenvalue weighted by atomic mass is 32.2. The van der Waals surface area contributed by atoms with Crippen LogP contribution in [-0.2, 0) is 10.0 Å². The molecule has 1 saturated carbocycles. The van der Waals surface area contributed by atoms with E-state index in [4.69, 9.17) is 5.73 Å². The molecule has 106 valence electrons. The zero-order valence-corrected chi connectivity index (χ0v) is 11.2. The van der Waals surface area contributed by atoms with E-state index in [0.29, 0.717) is 12.8 Å². The topological polar surface area (TPSA) is 113 Å². The van der Waals surface area contributed by atoms with E-state index < -0.39 is 22.2 Å². The molecule has 1 fully saturated rings. The number of hydrogen-bond acceptors (Lipinski definition) is 5. The molecule has 0 aromatic heterocycles.